The van der Waals surface area contributed by atoms with Crippen molar-refractivity contribution in [2.75, 3.05) is 0 Å². The molecule has 0 spiro atoms. The Morgan fingerprint density at radius 1 is 1.54 bits per heavy atom. The van der Waals surface area contributed by atoms with Gasteiger partial charge in [-0.25, -0.2) is 4.31 Å². The Morgan fingerprint density at radius 3 is 2.46 bits per heavy atom. The van der Waals surface area contributed by atoms with Crippen molar-refractivity contribution in [2.24, 2.45) is 5.92 Å². The summed E-state index contributed by atoms with van der Waals surface area (Å²) in [4.78, 5) is 11.2. The number of rotatable bonds is 3. The molecule has 1 fully saturated rings. The van der Waals surface area contributed by atoms with Crippen LogP contribution in [-0.2, 0) is 14.0 Å². The van der Waals surface area contributed by atoms with Crippen LogP contribution in [0.1, 0.15) is 26.7 Å². The zero-order chi connectivity index (χ0) is 10.2. The Kier molecular flexibility index (Phi) is 2.87. The quantitative estimate of drug-likeness (QED) is 0.534. The number of carbonyl (C=O) groups is 1. The van der Waals surface area contributed by atoms with E-state index in [4.69, 9.17) is 10.7 Å². The van der Waals surface area contributed by atoms with Gasteiger partial charge in [-0.2, -0.15) is 8.42 Å². The van der Waals surface area contributed by atoms with Crippen LogP contribution in [0.3, 0.4) is 0 Å². The summed E-state index contributed by atoms with van der Waals surface area (Å²) in [5.74, 6) is -0.609. The van der Waals surface area contributed by atoms with E-state index in [1.807, 2.05) is 6.92 Å². The van der Waals surface area contributed by atoms with Gasteiger partial charge in [0.1, 0.15) is 0 Å². The maximum Gasteiger partial charge on any atom is 0.324 e. The molecule has 2 unspecified atom stereocenters. The molecule has 0 aliphatic carbocycles. The highest BCUT2D eigenvalue weighted by Crippen LogP contribution is 2.33. The topological polar surface area (TPSA) is 54.5 Å². The first-order valence-electron chi connectivity index (χ1n) is 4.17. The highest BCUT2D eigenvalue weighted by atomic mass is 35.7. The summed E-state index contributed by atoms with van der Waals surface area (Å²) in [6, 6.07) is -0.236. The maximum absolute atomic E-state index is 11.2. The van der Waals surface area contributed by atoms with E-state index in [1.54, 1.807) is 6.92 Å². The van der Waals surface area contributed by atoms with Crippen LogP contribution in [0.25, 0.3) is 0 Å². The molecular weight excluding hydrogens is 214 g/mol. The smallest absolute Gasteiger partial charge is 0.273 e. The lowest BCUT2D eigenvalue weighted by atomic mass is 9.89. The number of hydrogen-bond donors (Lipinski definition) is 0. The molecule has 6 heteroatoms. The molecule has 2 atom stereocenters. The third kappa shape index (κ3) is 1.81. The Hall–Kier alpha value is -0.290. The molecule has 1 aliphatic rings. The molecule has 0 aromatic carbocycles. The Bertz CT molecular complexity index is 314. The van der Waals surface area contributed by atoms with E-state index in [1.165, 1.54) is 0 Å². The Balaban J connectivity index is 2.81. The van der Waals surface area contributed by atoms with Crippen LogP contribution in [0.4, 0.5) is 0 Å². The lowest BCUT2D eigenvalue weighted by Gasteiger charge is -2.42. The zero-order valence-electron chi connectivity index (χ0n) is 7.53. The van der Waals surface area contributed by atoms with Crippen molar-refractivity contribution in [1.29, 1.82) is 0 Å². The van der Waals surface area contributed by atoms with E-state index in [9.17, 15) is 13.2 Å². The molecule has 76 valence electrons. The van der Waals surface area contributed by atoms with Crippen molar-refractivity contribution >= 4 is 25.8 Å². The fourth-order valence-corrected chi connectivity index (χ4v) is 3.09. The van der Waals surface area contributed by atoms with Crippen LogP contribution < -0.4 is 0 Å². The van der Waals surface area contributed by atoms with E-state index < -0.39 is 15.1 Å². The molecule has 0 bridgehead atoms. The summed E-state index contributed by atoms with van der Waals surface area (Å²) in [6.45, 7) is 3.66. The molecule has 1 amide bonds. The number of β-lactam (4-membered cyclic amide) rings is 1. The fraction of sp³-hybridized carbons (Fsp3) is 0.857. The van der Waals surface area contributed by atoms with Gasteiger partial charge in [0.15, 0.2) is 0 Å². The first kappa shape index (κ1) is 10.8. The van der Waals surface area contributed by atoms with Crippen molar-refractivity contribution in [1.82, 2.24) is 4.31 Å². The number of amides is 1. The van der Waals surface area contributed by atoms with Crippen LogP contribution in [0.2, 0.25) is 0 Å². The van der Waals surface area contributed by atoms with Gasteiger partial charge < -0.3 is 0 Å². The molecule has 1 saturated heterocycles. The van der Waals surface area contributed by atoms with Gasteiger partial charge in [0.25, 0.3) is 0 Å². The van der Waals surface area contributed by atoms with Gasteiger partial charge in [-0.05, 0) is 6.42 Å². The van der Waals surface area contributed by atoms with Crippen molar-refractivity contribution in [3.05, 3.63) is 0 Å². The van der Waals surface area contributed by atoms with Gasteiger partial charge in [0, 0.05) is 10.7 Å². The van der Waals surface area contributed by atoms with E-state index in [2.05, 4.69) is 0 Å². The van der Waals surface area contributed by atoms with E-state index >= 15 is 0 Å². The molecule has 1 aliphatic heterocycles. The minimum Gasteiger partial charge on any atom is -0.273 e. The standard InChI is InChI=1S/C7H12ClNO3S/c1-3-4-6-5(2)7(10)9(6)13(8,11)12/h5-6H,3-4H2,1-2H3. The zero-order valence-corrected chi connectivity index (χ0v) is 9.10. The number of nitrogens with zero attached hydrogens (tertiary/aromatic N) is 1. The molecule has 1 rings (SSSR count). The third-order valence-electron chi connectivity index (χ3n) is 2.30. The monoisotopic (exact) mass is 225 g/mol. The molecule has 0 radical (unpaired) electrons. The predicted octanol–water partition coefficient (Wildman–Crippen LogP) is 1.12. The molecule has 0 aromatic rings. The SMILES string of the molecule is CCCC1C(C)C(=O)N1S(=O)(=O)Cl. The fourth-order valence-electron chi connectivity index (χ4n) is 1.58. The van der Waals surface area contributed by atoms with Gasteiger partial charge in [-0.3, -0.25) is 4.79 Å². The van der Waals surface area contributed by atoms with E-state index in [-0.39, 0.29) is 12.0 Å². The van der Waals surface area contributed by atoms with Crippen molar-refractivity contribution < 1.29 is 13.2 Å². The van der Waals surface area contributed by atoms with Gasteiger partial charge >= 0.3 is 9.24 Å². The summed E-state index contributed by atoms with van der Waals surface area (Å²) in [5, 5.41) is 0. The minimum atomic E-state index is -3.86. The molecule has 13 heavy (non-hydrogen) atoms. The summed E-state index contributed by atoms with van der Waals surface area (Å²) in [7, 11) is 1.24. The molecule has 0 aromatic heterocycles. The molecular formula is C7H12ClNO3S. The first-order chi connectivity index (χ1) is 5.89. The Labute approximate surface area is 82.4 Å². The number of carbonyl (C=O) groups excluding carboxylic acids is 1. The third-order valence-corrected chi connectivity index (χ3v) is 3.67. The van der Waals surface area contributed by atoms with Crippen LogP contribution in [0.5, 0.6) is 0 Å². The predicted molar refractivity (Wildman–Crippen MR) is 49.5 cm³/mol. The second-order valence-corrected chi connectivity index (χ2v) is 5.61. The number of hydrogen-bond acceptors (Lipinski definition) is 3. The molecule has 0 N–H and O–H groups in total. The maximum atomic E-state index is 11.2. The lowest BCUT2D eigenvalue weighted by molar-refractivity contribution is -0.145. The molecule has 0 saturated carbocycles. The number of halogens is 1. The van der Waals surface area contributed by atoms with Gasteiger partial charge in [0.05, 0.1) is 12.0 Å². The summed E-state index contributed by atoms with van der Waals surface area (Å²) < 4.78 is 22.6. The summed E-state index contributed by atoms with van der Waals surface area (Å²) >= 11 is 0. The van der Waals surface area contributed by atoms with Crippen LogP contribution in [-0.4, -0.2) is 24.7 Å². The van der Waals surface area contributed by atoms with Crippen LogP contribution >= 0.6 is 10.7 Å². The summed E-state index contributed by atoms with van der Waals surface area (Å²) in [5.41, 5.74) is 0. The first-order valence-corrected chi connectivity index (χ1v) is 6.44. The van der Waals surface area contributed by atoms with Crippen molar-refractivity contribution in [3.63, 3.8) is 0 Å². The Morgan fingerprint density at radius 2 is 2.08 bits per heavy atom. The summed E-state index contributed by atoms with van der Waals surface area (Å²) in [6.07, 6.45) is 1.52. The van der Waals surface area contributed by atoms with Crippen molar-refractivity contribution in [2.45, 2.75) is 32.7 Å². The van der Waals surface area contributed by atoms with E-state index in [0.29, 0.717) is 6.42 Å². The average molecular weight is 226 g/mol. The normalized spacial score (nSPS) is 28.8. The van der Waals surface area contributed by atoms with Gasteiger partial charge in [0.2, 0.25) is 5.91 Å². The highest BCUT2D eigenvalue weighted by Gasteiger charge is 2.49. The molecule has 1 heterocycles. The van der Waals surface area contributed by atoms with E-state index in [0.717, 1.165) is 10.7 Å². The van der Waals surface area contributed by atoms with Crippen molar-refractivity contribution in [3.8, 4) is 0 Å². The highest BCUT2D eigenvalue weighted by molar-refractivity contribution is 8.12. The minimum absolute atomic E-state index is 0.214. The molecule has 4 nitrogen and oxygen atoms in total. The van der Waals surface area contributed by atoms with Gasteiger partial charge in [-0.1, -0.05) is 20.3 Å². The lowest BCUT2D eigenvalue weighted by Crippen LogP contribution is -2.60. The largest absolute Gasteiger partial charge is 0.324 e. The van der Waals surface area contributed by atoms with Gasteiger partial charge in [-0.15, -0.1) is 0 Å². The van der Waals surface area contributed by atoms with Crippen LogP contribution in [0.15, 0.2) is 0 Å². The second-order valence-electron chi connectivity index (χ2n) is 3.22. The second kappa shape index (κ2) is 3.46. The van der Waals surface area contributed by atoms with Crippen LogP contribution in [0, 0.1) is 5.92 Å². The average Bonchev–Trinajstić information content (AvgIpc) is 2.01.